The Morgan fingerprint density at radius 1 is 1.35 bits per heavy atom. The molecule has 2 aromatic rings. The summed E-state index contributed by atoms with van der Waals surface area (Å²) in [5, 5.41) is 0. The molecule has 3 N–H and O–H groups in total. The van der Waals surface area contributed by atoms with Crippen LogP contribution in [0, 0.1) is 13.8 Å². The Kier molecular flexibility index (Phi) is 4.54. The van der Waals surface area contributed by atoms with Crippen molar-refractivity contribution < 1.29 is 8.42 Å². The summed E-state index contributed by atoms with van der Waals surface area (Å²) in [4.78, 5) is 6.06. The Balaban J connectivity index is 2.14. The number of rotatable bonds is 5. The number of nitrogens with one attached hydrogen (secondary N) is 1. The first kappa shape index (κ1) is 15.1. The summed E-state index contributed by atoms with van der Waals surface area (Å²) in [6.45, 7) is 4.24. The maximum absolute atomic E-state index is 12.3. The van der Waals surface area contributed by atoms with Gasteiger partial charge in [-0.2, -0.15) is 0 Å². The summed E-state index contributed by atoms with van der Waals surface area (Å²) in [7, 11) is -3.51. The number of pyridine rings is 1. The van der Waals surface area contributed by atoms with E-state index in [1.54, 1.807) is 19.2 Å². The molecule has 0 bridgehead atoms. The van der Waals surface area contributed by atoms with Gasteiger partial charge < -0.3 is 5.73 Å². The number of hydrogen-bond donors (Lipinski definition) is 2. The Hall–Kier alpha value is -1.28. The summed E-state index contributed by atoms with van der Waals surface area (Å²) in [5.74, 6) is 0. The highest BCUT2D eigenvalue weighted by Crippen LogP contribution is 2.25. The standard InChI is InChI=1S/C13H17N3O2S2/c1-9-3-4-11(7-15-9)8-16-20(17,18)13-5-12(6-14)19-10(13)2/h3-5,7,16H,6,8,14H2,1-2H3. The zero-order valence-corrected chi connectivity index (χ0v) is 13.0. The lowest BCUT2D eigenvalue weighted by atomic mass is 10.2. The Labute approximate surface area is 122 Å². The predicted octanol–water partition coefficient (Wildman–Crippen LogP) is 1.70. The number of aromatic nitrogens is 1. The van der Waals surface area contributed by atoms with Crippen LogP contribution in [0.3, 0.4) is 0 Å². The highest BCUT2D eigenvalue weighted by atomic mass is 32.2. The average molecular weight is 311 g/mol. The monoisotopic (exact) mass is 311 g/mol. The SMILES string of the molecule is Cc1ccc(CNS(=O)(=O)c2cc(CN)sc2C)cn1. The molecule has 0 unspecified atom stereocenters. The largest absolute Gasteiger partial charge is 0.326 e. The van der Waals surface area contributed by atoms with Crippen LogP contribution in [-0.2, 0) is 23.1 Å². The van der Waals surface area contributed by atoms with Gasteiger partial charge in [0.05, 0.1) is 4.90 Å². The van der Waals surface area contributed by atoms with Crippen LogP contribution >= 0.6 is 11.3 Å². The minimum Gasteiger partial charge on any atom is -0.326 e. The molecule has 0 aliphatic carbocycles. The lowest BCUT2D eigenvalue weighted by molar-refractivity contribution is 0.581. The van der Waals surface area contributed by atoms with Crippen molar-refractivity contribution in [2.45, 2.75) is 31.8 Å². The molecule has 0 saturated carbocycles. The van der Waals surface area contributed by atoms with E-state index in [0.29, 0.717) is 11.4 Å². The molecule has 0 atom stereocenters. The maximum atomic E-state index is 12.3. The molecule has 0 aliphatic rings. The molecule has 20 heavy (non-hydrogen) atoms. The van der Waals surface area contributed by atoms with Gasteiger partial charge in [0, 0.05) is 34.7 Å². The number of aryl methyl sites for hydroxylation is 2. The molecule has 0 fully saturated rings. The summed E-state index contributed by atoms with van der Waals surface area (Å²) in [6, 6.07) is 5.35. The zero-order valence-electron chi connectivity index (χ0n) is 11.4. The first-order valence-electron chi connectivity index (χ1n) is 6.13. The zero-order chi connectivity index (χ0) is 14.8. The number of nitrogens with two attached hydrogens (primary N) is 1. The van der Waals surface area contributed by atoms with E-state index in [1.807, 2.05) is 19.1 Å². The molecular formula is C13H17N3O2S2. The third-order valence-electron chi connectivity index (χ3n) is 2.85. The molecule has 108 valence electrons. The molecular weight excluding hydrogens is 294 g/mol. The lowest BCUT2D eigenvalue weighted by Crippen LogP contribution is -2.23. The first-order chi connectivity index (χ1) is 9.42. The van der Waals surface area contributed by atoms with E-state index in [1.165, 1.54) is 11.3 Å². The van der Waals surface area contributed by atoms with Gasteiger partial charge in [-0.15, -0.1) is 11.3 Å². The topological polar surface area (TPSA) is 85.1 Å². The second kappa shape index (κ2) is 6.01. The van der Waals surface area contributed by atoms with Crippen LogP contribution in [0.4, 0.5) is 0 Å². The van der Waals surface area contributed by atoms with Gasteiger partial charge in [0.1, 0.15) is 0 Å². The summed E-state index contributed by atoms with van der Waals surface area (Å²) in [5.41, 5.74) is 7.27. The molecule has 5 nitrogen and oxygen atoms in total. The van der Waals surface area contributed by atoms with E-state index >= 15 is 0 Å². The van der Waals surface area contributed by atoms with Crippen LogP contribution in [0.25, 0.3) is 0 Å². The van der Waals surface area contributed by atoms with E-state index in [2.05, 4.69) is 9.71 Å². The van der Waals surface area contributed by atoms with Crippen LogP contribution < -0.4 is 10.5 Å². The molecule has 0 spiro atoms. The van der Waals surface area contributed by atoms with Gasteiger partial charge in [-0.25, -0.2) is 13.1 Å². The van der Waals surface area contributed by atoms with Gasteiger partial charge in [-0.3, -0.25) is 4.98 Å². The predicted molar refractivity (Wildman–Crippen MR) is 79.9 cm³/mol. The van der Waals surface area contributed by atoms with E-state index in [4.69, 9.17) is 5.73 Å². The van der Waals surface area contributed by atoms with E-state index < -0.39 is 10.0 Å². The average Bonchev–Trinajstić information content (AvgIpc) is 2.80. The fourth-order valence-electron chi connectivity index (χ4n) is 1.75. The summed E-state index contributed by atoms with van der Waals surface area (Å²) < 4.78 is 27.1. The Morgan fingerprint density at radius 2 is 2.10 bits per heavy atom. The minimum atomic E-state index is -3.51. The van der Waals surface area contributed by atoms with Gasteiger partial charge in [0.25, 0.3) is 0 Å². The second-order valence-electron chi connectivity index (χ2n) is 4.47. The quantitative estimate of drug-likeness (QED) is 0.880. The fourth-order valence-corrected chi connectivity index (χ4v) is 4.28. The van der Waals surface area contributed by atoms with E-state index in [0.717, 1.165) is 21.0 Å². The molecule has 0 aromatic carbocycles. The normalized spacial score (nSPS) is 11.8. The lowest BCUT2D eigenvalue weighted by Gasteiger charge is -2.06. The van der Waals surface area contributed by atoms with Crippen LogP contribution in [0.15, 0.2) is 29.3 Å². The highest BCUT2D eigenvalue weighted by Gasteiger charge is 2.19. The van der Waals surface area contributed by atoms with Crippen LogP contribution in [0.5, 0.6) is 0 Å². The van der Waals surface area contributed by atoms with Crippen molar-refractivity contribution in [3.8, 4) is 0 Å². The summed E-state index contributed by atoms with van der Waals surface area (Å²) >= 11 is 1.41. The fraction of sp³-hybridized carbons (Fsp3) is 0.308. The first-order valence-corrected chi connectivity index (χ1v) is 8.43. The van der Waals surface area contributed by atoms with Crippen molar-refractivity contribution in [2.75, 3.05) is 0 Å². The summed E-state index contributed by atoms with van der Waals surface area (Å²) in [6.07, 6.45) is 1.67. The third-order valence-corrected chi connectivity index (χ3v) is 5.58. The van der Waals surface area contributed by atoms with Gasteiger partial charge in [-0.05, 0) is 31.5 Å². The highest BCUT2D eigenvalue weighted by molar-refractivity contribution is 7.89. The van der Waals surface area contributed by atoms with Crippen molar-refractivity contribution in [3.05, 3.63) is 45.4 Å². The van der Waals surface area contributed by atoms with Crippen molar-refractivity contribution in [2.24, 2.45) is 5.73 Å². The maximum Gasteiger partial charge on any atom is 0.241 e. The van der Waals surface area contributed by atoms with Gasteiger partial charge in [0.15, 0.2) is 0 Å². The Bertz CT molecular complexity index is 691. The van der Waals surface area contributed by atoms with Gasteiger partial charge >= 0.3 is 0 Å². The van der Waals surface area contributed by atoms with E-state index in [9.17, 15) is 8.42 Å². The van der Waals surface area contributed by atoms with Crippen molar-refractivity contribution >= 4 is 21.4 Å². The van der Waals surface area contributed by atoms with Crippen molar-refractivity contribution in [1.29, 1.82) is 0 Å². The molecule has 7 heteroatoms. The van der Waals surface area contributed by atoms with Gasteiger partial charge in [0.2, 0.25) is 10.0 Å². The molecule has 0 saturated heterocycles. The van der Waals surface area contributed by atoms with Crippen LogP contribution in [0.2, 0.25) is 0 Å². The molecule has 0 radical (unpaired) electrons. The minimum absolute atomic E-state index is 0.225. The van der Waals surface area contributed by atoms with Crippen LogP contribution in [0.1, 0.15) is 21.0 Å². The van der Waals surface area contributed by atoms with Crippen molar-refractivity contribution in [1.82, 2.24) is 9.71 Å². The van der Waals surface area contributed by atoms with E-state index in [-0.39, 0.29) is 6.54 Å². The second-order valence-corrected chi connectivity index (χ2v) is 7.55. The third kappa shape index (κ3) is 3.43. The number of sulfonamides is 1. The number of nitrogens with zero attached hydrogens (tertiary/aromatic N) is 1. The molecule has 2 rings (SSSR count). The molecule has 0 aliphatic heterocycles. The molecule has 2 aromatic heterocycles. The van der Waals surface area contributed by atoms with Crippen LogP contribution in [-0.4, -0.2) is 13.4 Å². The van der Waals surface area contributed by atoms with Gasteiger partial charge in [-0.1, -0.05) is 6.07 Å². The number of thiophene rings is 1. The number of hydrogen-bond acceptors (Lipinski definition) is 5. The smallest absolute Gasteiger partial charge is 0.241 e. The van der Waals surface area contributed by atoms with Crippen molar-refractivity contribution in [3.63, 3.8) is 0 Å². The molecule has 0 amide bonds. The Morgan fingerprint density at radius 3 is 2.65 bits per heavy atom. The molecule has 2 heterocycles.